The van der Waals surface area contributed by atoms with Crippen LogP contribution in [0.5, 0.6) is 0 Å². The molecule has 1 N–H and O–H groups in total. The van der Waals surface area contributed by atoms with E-state index in [-0.39, 0.29) is 0 Å². The fraction of sp³-hybridized carbons (Fsp3) is 0.667. The number of rotatable bonds is 7. The number of nitrogens with zero attached hydrogens (tertiary/aromatic N) is 1. The monoisotopic (exact) mass is 274 g/mol. The van der Waals surface area contributed by atoms with E-state index in [1.807, 2.05) is 0 Å². The molecule has 0 saturated carbocycles. The van der Waals surface area contributed by atoms with Crippen LogP contribution in [-0.4, -0.2) is 31.1 Å². The van der Waals surface area contributed by atoms with Crippen LogP contribution in [-0.2, 0) is 0 Å². The zero-order chi connectivity index (χ0) is 14.2. The summed E-state index contributed by atoms with van der Waals surface area (Å²) >= 11 is 0. The number of piperidine rings is 1. The molecular weight excluding hydrogens is 244 g/mol. The maximum absolute atomic E-state index is 3.64. The lowest BCUT2D eigenvalue weighted by molar-refractivity contribution is 0.163. The minimum atomic E-state index is 0.476. The van der Waals surface area contributed by atoms with E-state index in [4.69, 9.17) is 0 Å². The Morgan fingerprint density at radius 2 is 1.85 bits per heavy atom. The smallest absolute Gasteiger partial charge is 0.0449 e. The molecule has 0 aliphatic carbocycles. The molecule has 1 aromatic carbocycles. The van der Waals surface area contributed by atoms with Crippen LogP contribution >= 0.6 is 0 Å². The van der Waals surface area contributed by atoms with Gasteiger partial charge in [-0.1, -0.05) is 57.0 Å². The molecule has 1 fully saturated rings. The number of hydrogen-bond acceptors (Lipinski definition) is 2. The van der Waals surface area contributed by atoms with Crippen LogP contribution in [0.15, 0.2) is 30.3 Å². The first-order valence-electron chi connectivity index (χ1n) is 8.34. The molecule has 1 unspecified atom stereocenters. The molecule has 1 aliphatic heterocycles. The van der Waals surface area contributed by atoms with Crippen molar-refractivity contribution in [2.24, 2.45) is 5.92 Å². The average molecular weight is 274 g/mol. The van der Waals surface area contributed by atoms with Gasteiger partial charge in [-0.05, 0) is 44.0 Å². The van der Waals surface area contributed by atoms with Gasteiger partial charge in [-0.25, -0.2) is 0 Å². The largest absolute Gasteiger partial charge is 0.309 e. The Labute approximate surface area is 124 Å². The lowest BCUT2D eigenvalue weighted by Crippen LogP contribution is -2.40. The van der Waals surface area contributed by atoms with E-state index in [0.717, 1.165) is 19.0 Å². The highest BCUT2D eigenvalue weighted by atomic mass is 15.2. The lowest BCUT2D eigenvalue weighted by atomic mass is 9.92. The highest BCUT2D eigenvalue weighted by Gasteiger charge is 2.21. The third-order valence-electron chi connectivity index (χ3n) is 4.50. The van der Waals surface area contributed by atoms with Crippen molar-refractivity contribution >= 4 is 0 Å². The van der Waals surface area contributed by atoms with Crippen molar-refractivity contribution in [3.63, 3.8) is 0 Å². The summed E-state index contributed by atoms with van der Waals surface area (Å²) in [6.45, 7) is 9.24. The summed E-state index contributed by atoms with van der Waals surface area (Å²) in [7, 11) is 0. The van der Waals surface area contributed by atoms with Gasteiger partial charge in [0.05, 0.1) is 0 Å². The summed E-state index contributed by atoms with van der Waals surface area (Å²) in [5.74, 6) is 0.977. The molecule has 1 atom stereocenters. The normalized spacial score (nSPS) is 19.1. The number of likely N-dealkylation sites (N-methyl/N-ethyl adjacent to an activating group) is 1. The predicted molar refractivity (Wildman–Crippen MR) is 86.9 cm³/mol. The molecule has 1 aliphatic rings. The lowest BCUT2D eigenvalue weighted by Gasteiger charge is -2.34. The first-order chi connectivity index (χ1) is 9.83. The van der Waals surface area contributed by atoms with Gasteiger partial charge in [0.2, 0.25) is 0 Å². The molecule has 2 heteroatoms. The number of likely N-dealkylation sites (tertiary alicyclic amines) is 1. The maximum atomic E-state index is 3.64. The van der Waals surface area contributed by atoms with Crippen molar-refractivity contribution in [3.05, 3.63) is 35.9 Å². The van der Waals surface area contributed by atoms with E-state index in [2.05, 4.69) is 54.4 Å². The first-order valence-corrected chi connectivity index (χ1v) is 8.34. The van der Waals surface area contributed by atoms with E-state index in [9.17, 15) is 0 Å². The van der Waals surface area contributed by atoms with Crippen molar-refractivity contribution in [3.8, 4) is 0 Å². The van der Waals surface area contributed by atoms with Gasteiger partial charge in [0, 0.05) is 12.6 Å². The summed E-state index contributed by atoms with van der Waals surface area (Å²) in [6.07, 6.45) is 5.54. The highest BCUT2D eigenvalue weighted by molar-refractivity contribution is 5.19. The standard InChI is InChI=1S/C18H30N2/c1-3-8-16-11-13-20(14-12-16)15-18(19-4-2)17-9-6-5-7-10-17/h5-7,9-10,16,18-19H,3-4,8,11-15H2,1-2H3. The summed E-state index contributed by atoms with van der Waals surface area (Å²) in [5, 5.41) is 3.64. The van der Waals surface area contributed by atoms with E-state index in [1.165, 1.54) is 44.3 Å². The number of benzene rings is 1. The van der Waals surface area contributed by atoms with Gasteiger partial charge in [-0.3, -0.25) is 0 Å². The maximum Gasteiger partial charge on any atom is 0.0449 e. The molecule has 0 amide bonds. The zero-order valence-corrected chi connectivity index (χ0v) is 13.1. The molecule has 2 nitrogen and oxygen atoms in total. The SMILES string of the molecule is CCCC1CCN(CC(NCC)c2ccccc2)CC1. The highest BCUT2D eigenvalue weighted by Crippen LogP contribution is 2.23. The second kappa shape index (κ2) is 8.43. The van der Waals surface area contributed by atoms with Crippen molar-refractivity contribution in [1.29, 1.82) is 0 Å². The minimum absolute atomic E-state index is 0.476. The van der Waals surface area contributed by atoms with Gasteiger partial charge in [0.25, 0.3) is 0 Å². The minimum Gasteiger partial charge on any atom is -0.309 e. The summed E-state index contributed by atoms with van der Waals surface area (Å²) in [5.41, 5.74) is 1.42. The molecule has 112 valence electrons. The second-order valence-corrected chi connectivity index (χ2v) is 6.05. The third kappa shape index (κ3) is 4.60. The Morgan fingerprint density at radius 3 is 2.45 bits per heavy atom. The molecule has 2 rings (SSSR count). The zero-order valence-electron chi connectivity index (χ0n) is 13.1. The first kappa shape index (κ1) is 15.5. The number of hydrogen-bond donors (Lipinski definition) is 1. The summed E-state index contributed by atoms with van der Waals surface area (Å²) in [4.78, 5) is 2.65. The molecular formula is C18H30N2. The fourth-order valence-corrected chi connectivity index (χ4v) is 3.34. The van der Waals surface area contributed by atoms with E-state index in [1.54, 1.807) is 0 Å². The van der Waals surface area contributed by atoms with Crippen molar-refractivity contribution in [2.45, 2.75) is 45.6 Å². The molecule has 1 heterocycles. The van der Waals surface area contributed by atoms with E-state index >= 15 is 0 Å². The van der Waals surface area contributed by atoms with E-state index < -0.39 is 0 Å². The van der Waals surface area contributed by atoms with Crippen LogP contribution < -0.4 is 5.32 Å². The van der Waals surface area contributed by atoms with Crippen LogP contribution in [0.2, 0.25) is 0 Å². The van der Waals surface area contributed by atoms with Crippen molar-refractivity contribution < 1.29 is 0 Å². The van der Waals surface area contributed by atoms with Crippen LogP contribution in [0.4, 0.5) is 0 Å². The van der Waals surface area contributed by atoms with Gasteiger partial charge < -0.3 is 10.2 Å². The molecule has 0 bridgehead atoms. The topological polar surface area (TPSA) is 15.3 Å². The van der Waals surface area contributed by atoms with Crippen LogP contribution in [0, 0.1) is 5.92 Å². The van der Waals surface area contributed by atoms with Gasteiger partial charge >= 0.3 is 0 Å². The summed E-state index contributed by atoms with van der Waals surface area (Å²) < 4.78 is 0. The third-order valence-corrected chi connectivity index (χ3v) is 4.50. The molecule has 0 radical (unpaired) electrons. The Balaban J connectivity index is 1.87. The van der Waals surface area contributed by atoms with Crippen molar-refractivity contribution in [2.75, 3.05) is 26.2 Å². The Morgan fingerprint density at radius 1 is 1.15 bits per heavy atom. The molecule has 0 aromatic heterocycles. The molecule has 0 spiro atoms. The van der Waals surface area contributed by atoms with Gasteiger partial charge in [-0.15, -0.1) is 0 Å². The second-order valence-electron chi connectivity index (χ2n) is 6.05. The van der Waals surface area contributed by atoms with Crippen molar-refractivity contribution in [1.82, 2.24) is 10.2 Å². The van der Waals surface area contributed by atoms with Gasteiger partial charge in [0.1, 0.15) is 0 Å². The number of nitrogens with one attached hydrogen (secondary N) is 1. The molecule has 1 saturated heterocycles. The van der Waals surface area contributed by atoms with Crippen LogP contribution in [0.25, 0.3) is 0 Å². The fourth-order valence-electron chi connectivity index (χ4n) is 3.34. The Bertz CT molecular complexity index is 355. The van der Waals surface area contributed by atoms with Crippen LogP contribution in [0.3, 0.4) is 0 Å². The Kier molecular flexibility index (Phi) is 6.55. The van der Waals surface area contributed by atoms with E-state index in [0.29, 0.717) is 6.04 Å². The van der Waals surface area contributed by atoms with Gasteiger partial charge in [0.15, 0.2) is 0 Å². The molecule has 20 heavy (non-hydrogen) atoms. The van der Waals surface area contributed by atoms with Gasteiger partial charge in [-0.2, -0.15) is 0 Å². The quantitative estimate of drug-likeness (QED) is 0.812. The average Bonchev–Trinajstić information content (AvgIpc) is 2.50. The predicted octanol–water partition coefficient (Wildman–Crippen LogP) is 3.85. The summed E-state index contributed by atoms with van der Waals surface area (Å²) in [6, 6.07) is 11.4. The Hall–Kier alpha value is -0.860. The molecule has 1 aromatic rings. The van der Waals surface area contributed by atoms with Crippen LogP contribution in [0.1, 0.15) is 51.1 Å².